The Balaban J connectivity index is 2.67. The predicted octanol–water partition coefficient (Wildman–Crippen LogP) is 0.381. The van der Waals surface area contributed by atoms with Crippen molar-refractivity contribution < 1.29 is 13.2 Å². The lowest BCUT2D eigenvalue weighted by atomic mass is 10.2. The van der Waals surface area contributed by atoms with Crippen LogP contribution in [0.3, 0.4) is 0 Å². The van der Waals surface area contributed by atoms with Crippen LogP contribution >= 0.6 is 0 Å². The molecule has 1 aromatic carbocycles. The normalized spacial score (nSPS) is 11.7. The van der Waals surface area contributed by atoms with Crippen molar-refractivity contribution in [2.75, 3.05) is 30.3 Å². The molecule has 0 fully saturated rings. The number of benzene rings is 1. The van der Waals surface area contributed by atoms with E-state index in [4.69, 9.17) is 11.5 Å². The van der Waals surface area contributed by atoms with Gasteiger partial charge < -0.3 is 11.5 Å². The summed E-state index contributed by atoms with van der Waals surface area (Å²) < 4.78 is 23.5. The second kappa shape index (κ2) is 7.99. The Bertz CT molecular complexity index is 555. The Morgan fingerprint density at radius 3 is 2.33 bits per heavy atom. The summed E-state index contributed by atoms with van der Waals surface area (Å²) in [6.07, 6.45) is 0.593. The number of carbonyl (C=O) groups is 1. The number of hydrogen-bond donors (Lipinski definition) is 2. The molecule has 7 heteroatoms. The van der Waals surface area contributed by atoms with Gasteiger partial charge in [-0.1, -0.05) is 19.1 Å². The molecule has 4 N–H and O–H groups in total. The zero-order valence-electron chi connectivity index (χ0n) is 12.3. The van der Waals surface area contributed by atoms with Gasteiger partial charge in [0.1, 0.15) is 0 Å². The van der Waals surface area contributed by atoms with E-state index in [9.17, 15) is 13.2 Å². The van der Waals surface area contributed by atoms with E-state index in [-0.39, 0.29) is 24.6 Å². The third-order valence-electron chi connectivity index (χ3n) is 3.00. The van der Waals surface area contributed by atoms with Gasteiger partial charge >= 0.3 is 0 Å². The summed E-state index contributed by atoms with van der Waals surface area (Å²) >= 11 is 0. The Morgan fingerprint density at radius 1 is 1.19 bits per heavy atom. The van der Waals surface area contributed by atoms with Crippen molar-refractivity contribution in [1.29, 1.82) is 0 Å². The standard InChI is InChI=1S/C14H23N3O3S/c1-2-8-21(19,20)9-7-17(11-14(16)18)10-12-3-5-13(15)6-4-12/h3-6H,2,7-11,15H2,1H3,(H2,16,18). The van der Waals surface area contributed by atoms with Crippen LogP contribution in [0.4, 0.5) is 5.69 Å². The topological polar surface area (TPSA) is 106 Å². The van der Waals surface area contributed by atoms with E-state index in [0.717, 1.165) is 5.56 Å². The summed E-state index contributed by atoms with van der Waals surface area (Å²) in [5.74, 6) is -0.277. The first-order chi connectivity index (χ1) is 9.82. The molecule has 6 nitrogen and oxygen atoms in total. The molecule has 0 heterocycles. The molecular weight excluding hydrogens is 290 g/mol. The van der Waals surface area contributed by atoms with Gasteiger partial charge in [0.2, 0.25) is 5.91 Å². The molecular formula is C14H23N3O3S. The molecule has 0 bridgehead atoms. The summed E-state index contributed by atoms with van der Waals surface area (Å²) in [6.45, 7) is 2.61. The van der Waals surface area contributed by atoms with Crippen molar-refractivity contribution in [3.05, 3.63) is 29.8 Å². The molecule has 21 heavy (non-hydrogen) atoms. The van der Waals surface area contributed by atoms with Crippen LogP contribution in [-0.4, -0.2) is 43.8 Å². The summed E-state index contributed by atoms with van der Waals surface area (Å²) in [6, 6.07) is 7.24. The molecule has 1 rings (SSSR count). The van der Waals surface area contributed by atoms with E-state index >= 15 is 0 Å². The maximum atomic E-state index is 11.8. The van der Waals surface area contributed by atoms with Crippen molar-refractivity contribution in [2.45, 2.75) is 19.9 Å². The summed E-state index contributed by atoms with van der Waals surface area (Å²) in [7, 11) is -3.08. The average Bonchev–Trinajstić information content (AvgIpc) is 2.38. The number of rotatable bonds is 9. The number of hydrogen-bond acceptors (Lipinski definition) is 5. The summed E-state index contributed by atoms with van der Waals surface area (Å²) in [5, 5.41) is 0. The molecule has 0 unspecified atom stereocenters. The quantitative estimate of drug-likeness (QED) is 0.641. The van der Waals surface area contributed by atoms with E-state index in [1.165, 1.54) is 0 Å². The van der Waals surface area contributed by atoms with Crippen LogP contribution in [-0.2, 0) is 21.2 Å². The molecule has 0 aromatic heterocycles. The largest absolute Gasteiger partial charge is 0.399 e. The Hall–Kier alpha value is -1.60. The average molecular weight is 313 g/mol. The molecule has 0 aliphatic carbocycles. The van der Waals surface area contributed by atoms with Crippen molar-refractivity contribution in [1.82, 2.24) is 4.90 Å². The monoisotopic (exact) mass is 313 g/mol. The number of nitrogens with two attached hydrogens (primary N) is 2. The third-order valence-corrected chi connectivity index (χ3v) is 4.83. The SMILES string of the molecule is CCCS(=O)(=O)CCN(CC(N)=O)Cc1ccc(N)cc1. The highest BCUT2D eigenvalue weighted by Gasteiger charge is 2.15. The van der Waals surface area contributed by atoms with Gasteiger partial charge in [-0.2, -0.15) is 0 Å². The second-order valence-electron chi connectivity index (χ2n) is 5.07. The van der Waals surface area contributed by atoms with E-state index < -0.39 is 15.7 Å². The highest BCUT2D eigenvalue weighted by Crippen LogP contribution is 2.09. The van der Waals surface area contributed by atoms with Gasteiger partial charge in [-0.25, -0.2) is 8.42 Å². The number of anilines is 1. The molecule has 1 aromatic rings. The highest BCUT2D eigenvalue weighted by molar-refractivity contribution is 7.91. The lowest BCUT2D eigenvalue weighted by molar-refractivity contribution is -0.119. The van der Waals surface area contributed by atoms with Crippen LogP contribution in [0.1, 0.15) is 18.9 Å². The number of amides is 1. The Morgan fingerprint density at radius 2 is 1.81 bits per heavy atom. The fourth-order valence-corrected chi connectivity index (χ4v) is 3.36. The van der Waals surface area contributed by atoms with Gasteiger partial charge in [0, 0.05) is 24.5 Å². The van der Waals surface area contributed by atoms with E-state index in [1.807, 2.05) is 19.1 Å². The van der Waals surface area contributed by atoms with Crippen LogP contribution in [0.25, 0.3) is 0 Å². The van der Waals surface area contributed by atoms with E-state index in [0.29, 0.717) is 18.7 Å². The molecule has 118 valence electrons. The lowest BCUT2D eigenvalue weighted by Crippen LogP contribution is -2.36. The van der Waals surface area contributed by atoms with Crippen molar-refractivity contribution in [3.63, 3.8) is 0 Å². The minimum Gasteiger partial charge on any atom is -0.399 e. The van der Waals surface area contributed by atoms with Gasteiger partial charge in [0.25, 0.3) is 0 Å². The Labute approximate surface area is 126 Å². The first-order valence-corrected chi connectivity index (χ1v) is 8.70. The van der Waals surface area contributed by atoms with Crippen molar-refractivity contribution >= 4 is 21.4 Å². The van der Waals surface area contributed by atoms with Crippen LogP contribution < -0.4 is 11.5 Å². The molecule has 0 atom stereocenters. The zero-order valence-corrected chi connectivity index (χ0v) is 13.1. The summed E-state index contributed by atoms with van der Waals surface area (Å²) in [4.78, 5) is 12.9. The fourth-order valence-electron chi connectivity index (χ4n) is 2.00. The molecule has 0 saturated carbocycles. The van der Waals surface area contributed by atoms with Crippen molar-refractivity contribution in [2.24, 2.45) is 5.73 Å². The number of nitrogens with zero attached hydrogens (tertiary/aromatic N) is 1. The predicted molar refractivity (Wildman–Crippen MR) is 84.3 cm³/mol. The van der Waals surface area contributed by atoms with Crippen LogP contribution in [0.5, 0.6) is 0 Å². The first-order valence-electron chi connectivity index (χ1n) is 6.88. The smallest absolute Gasteiger partial charge is 0.231 e. The number of sulfone groups is 1. The van der Waals surface area contributed by atoms with Crippen LogP contribution in [0, 0.1) is 0 Å². The van der Waals surface area contributed by atoms with Gasteiger partial charge in [-0.15, -0.1) is 0 Å². The van der Waals surface area contributed by atoms with E-state index in [2.05, 4.69) is 0 Å². The van der Waals surface area contributed by atoms with Crippen LogP contribution in [0.2, 0.25) is 0 Å². The van der Waals surface area contributed by atoms with Gasteiger partial charge in [-0.3, -0.25) is 9.69 Å². The second-order valence-corrected chi connectivity index (χ2v) is 7.37. The molecule has 1 amide bonds. The lowest BCUT2D eigenvalue weighted by Gasteiger charge is -2.20. The molecule has 0 saturated heterocycles. The first kappa shape index (κ1) is 17.5. The van der Waals surface area contributed by atoms with Gasteiger partial charge in [0.15, 0.2) is 9.84 Å². The fraction of sp³-hybridized carbons (Fsp3) is 0.500. The minimum absolute atomic E-state index is 0.0308. The number of carbonyl (C=O) groups excluding carboxylic acids is 1. The number of primary amides is 1. The maximum Gasteiger partial charge on any atom is 0.231 e. The van der Waals surface area contributed by atoms with Crippen molar-refractivity contribution in [3.8, 4) is 0 Å². The third kappa shape index (κ3) is 7.10. The van der Waals surface area contributed by atoms with Gasteiger partial charge in [0.05, 0.1) is 12.3 Å². The maximum absolute atomic E-state index is 11.8. The van der Waals surface area contributed by atoms with E-state index in [1.54, 1.807) is 17.0 Å². The van der Waals surface area contributed by atoms with Gasteiger partial charge in [-0.05, 0) is 24.1 Å². The number of nitrogen functional groups attached to an aromatic ring is 1. The molecule has 0 radical (unpaired) electrons. The summed E-state index contributed by atoms with van der Waals surface area (Å²) in [5.41, 5.74) is 12.5. The molecule has 0 spiro atoms. The van der Waals surface area contributed by atoms with Crippen LogP contribution in [0.15, 0.2) is 24.3 Å². The zero-order chi connectivity index (χ0) is 15.9. The highest BCUT2D eigenvalue weighted by atomic mass is 32.2. The minimum atomic E-state index is -3.08. The molecule has 0 aliphatic rings. The molecule has 0 aliphatic heterocycles. The Kier molecular flexibility index (Phi) is 6.64.